The molecule has 1 heterocycles. The molecule has 0 spiro atoms. The van der Waals surface area contributed by atoms with E-state index in [9.17, 15) is 9.18 Å². The topological polar surface area (TPSA) is 42.0 Å². The lowest BCUT2D eigenvalue weighted by Crippen LogP contribution is -2.45. The van der Waals surface area contributed by atoms with Crippen molar-refractivity contribution in [3.05, 3.63) is 58.9 Å². The zero-order valence-electron chi connectivity index (χ0n) is 16.7. The number of ketones is 1. The fourth-order valence-electron chi connectivity index (χ4n) is 3.53. The van der Waals surface area contributed by atoms with Crippen molar-refractivity contribution in [1.82, 2.24) is 9.80 Å². The fraction of sp³-hybridized carbons (Fsp3) is 0.409. The van der Waals surface area contributed by atoms with Gasteiger partial charge in [0.25, 0.3) is 0 Å². The van der Waals surface area contributed by atoms with Gasteiger partial charge in [-0.1, -0.05) is 6.07 Å². The quantitative estimate of drug-likeness (QED) is 0.683. The molecule has 3 rings (SSSR count). The summed E-state index contributed by atoms with van der Waals surface area (Å²) >= 11 is 0. The molecule has 0 aromatic heterocycles. The van der Waals surface area contributed by atoms with Crippen molar-refractivity contribution in [1.29, 1.82) is 0 Å². The molecule has 1 fully saturated rings. The molecule has 0 N–H and O–H groups in total. The molecular weight excluding hydrogens is 359 g/mol. The Kier molecular flexibility index (Phi) is 6.65. The number of ether oxygens (including phenoxy) is 2. The number of halogens is 1. The van der Waals surface area contributed by atoms with Crippen molar-refractivity contribution in [3.8, 4) is 11.5 Å². The van der Waals surface area contributed by atoms with E-state index in [0.29, 0.717) is 5.56 Å². The Morgan fingerprint density at radius 2 is 1.54 bits per heavy atom. The van der Waals surface area contributed by atoms with Crippen molar-refractivity contribution in [2.24, 2.45) is 0 Å². The van der Waals surface area contributed by atoms with E-state index < -0.39 is 0 Å². The number of rotatable bonds is 7. The molecule has 0 unspecified atom stereocenters. The number of methoxy groups -OCH3 is 2. The van der Waals surface area contributed by atoms with Crippen molar-refractivity contribution < 1.29 is 18.7 Å². The average Bonchev–Trinajstić information content (AvgIpc) is 2.69. The molecule has 2 aromatic rings. The van der Waals surface area contributed by atoms with Gasteiger partial charge in [0.05, 0.1) is 14.2 Å². The van der Waals surface area contributed by atoms with Gasteiger partial charge in [-0.25, -0.2) is 4.39 Å². The molecule has 0 saturated carbocycles. The lowest BCUT2D eigenvalue weighted by atomic mass is 10.1. The molecule has 0 radical (unpaired) electrons. The Morgan fingerprint density at radius 3 is 2.11 bits per heavy atom. The van der Waals surface area contributed by atoms with Crippen LogP contribution in [-0.4, -0.2) is 56.0 Å². The van der Waals surface area contributed by atoms with Gasteiger partial charge in [-0.3, -0.25) is 14.6 Å². The molecule has 1 aliphatic heterocycles. The minimum Gasteiger partial charge on any atom is -0.496 e. The van der Waals surface area contributed by atoms with Crippen LogP contribution in [-0.2, 0) is 13.1 Å². The van der Waals surface area contributed by atoms with Crippen LogP contribution in [0.5, 0.6) is 11.5 Å². The molecule has 28 heavy (non-hydrogen) atoms. The van der Waals surface area contributed by atoms with Gasteiger partial charge in [-0.15, -0.1) is 0 Å². The summed E-state index contributed by atoms with van der Waals surface area (Å²) in [5.74, 6) is 0.813. The highest BCUT2D eigenvalue weighted by Gasteiger charge is 2.19. The molecule has 2 aromatic carbocycles. The lowest BCUT2D eigenvalue weighted by Gasteiger charge is -2.35. The monoisotopic (exact) mass is 386 g/mol. The first-order chi connectivity index (χ1) is 13.5. The first-order valence-corrected chi connectivity index (χ1v) is 9.45. The van der Waals surface area contributed by atoms with Crippen LogP contribution < -0.4 is 9.47 Å². The number of nitrogens with zero attached hydrogens (tertiary/aromatic N) is 2. The minimum atomic E-state index is -0.323. The van der Waals surface area contributed by atoms with Crippen molar-refractivity contribution in [2.45, 2.75) is 20.0 Å². The maximum absolute atomic E-state index is 13.9. The number of benzene rings is 2. The fourth-order valence-corrected chi connectivity index (χ4v) is 3.53. The Morgan fingerprint density at radius 1 is 0.929 bits per heavy atom. The standard InChI is InChI=1S/C22H27FN2O3/c1-16(26)18-5-7-21(27-2)19(13-18)15-25-10-8-24(9-11-25)14-17-4-6-22(28-3)20(23)12-17/h4-7,12-13H,8-11,14-15H2,1-3H3. The van der Waals surface area contributed by atoms with E-state index in [1.165, 1.54) is 7.11 Å². The van der Waals surface area contributed by atoms with Gasteiger partial charge in [-0.2, -0.15) is 0 Å². The van der Waals surface area contributed by atoms with Crippen molar-refractivity contribution in [3.63, 3.8) is 0 Å². The molecule has 0 amide bonds. The number of hydrogen-bond acceptors (Lipinski definition) is 5. The highest BCUT2D eigenvalue weighted by molar-refractivity contribution is 5.94. The van der Waals surface area contributed by atoms with Gasteiger partial charge >= 0.3 is 0 Å². The maximum atomic E-state index is 13.9. The predicted octanol–water partition coefficient (Wildman–Crippen LogP) is 3.36. The van der Waals surface area contributed by atoms with Crippen LogP contribution in [0.4, 0.5) is 4.39 Å². The third kappa shape index (κ3) is 4.88. The number of carbonyl (C=O) groups is 1. The summed E-state index contributed by atoms with van der Waals surface area (Å²) in [7, 11) is 3.12. The average molecular weight is 386 g/mol. The second-order valence-corrected chi connectivity index (χ2v) is 7.10. The second kappa shape index (κ2) is 9.17. The van der Waals surface area contributed by atoms with Crippen LogP contribution >= 0.6 is 0 Å². The van der Waals surface area contributed by atoms with E-state index in [1.807, 2.05) is 18.2 Å². The van der Waals surface area contributed by atoms with Crippen LogP contribution in [0.3, 0.4) is 0 Å². The van der Waals surface area contributed by atoms with Crippen LogP contribution in [0.1, 0.15) is 28.4 Å². The summed E-state index contributed by atoms with van der Waals surface area (Å²) in [5.41, 5.74) is 2.68. The molecule has 1 aliphatic rings. The summed E-state index contributed by atoms with van der Waals surface area (Å²) in [6.07, 6.45) is 0. The Labute approximate surface area is 165 Å². The zero-order chi connectivity index (χ0) is 20.1. The van der Waals surface area contributed by atoms with Gasteiger partial charge < -0.3 is 9.47 Å². The number of hydrogen-bond donors (Lipinski definition) is 0. The van der Waals surface area contributed by atoms with Crippen LogP contribution in [0.2, 0.25) is 0 Å². The molecule has 6 heteroatoms. The highest BCUT2D eigenvalue weighted by Crippen LogP contribution is 2.23. The highest BCUT2D eigenvalue weighted by atomic mass is 19.1. The minimum absolute atomic E-state index is 0.0560. The van der Waals surface area contributed by atoms with Gasteiger partial charge in [0.2, 0.25) is 0 Å². The first kappa shape index (κ1) is 20.3. The van der Waals surface area contributed by atoms with E-state index in [-0.39, 0.29) is 17.3 Å². The summed E-state index contributed by atoms with van der Waals surface area (Å²) in [5, 5.41) is 0. The van der Waals surface area contributed by atoms with Crippen LogP contribution in [0.25, 0.3) is 0 Å². The number of piperazine rings is 1. The third-order valence-electron chi connectivity index (χ3n) is 5.17. The maximum Gasteiger partial charge on any atom is 0.165 e. The lowest BCUT2D eigenvalue weighted by molar-refractivity contribution is 0.101. The van der Waals surface area contributed by atoms with Crippen LogP contribution in [0.15, 0.2) is 36.4 Å². The van der Waals surface area contributed by atoms with Gasteiger partial charge in [0.1, 0.15) is 5.75 Å². The summed E-state index contributed by atoms with van der Waals surface area (Å²) in [4.78, 5) is 16.3. The van der Waals surface area contributed by atoms with E-state index >= 15 is 0 Å². The third-order valence-corrected chi connectivity index (χ3v) is 5.17. The summed E-state index contributed by atoms with van der Waals surface area (Å²) in [6.45, 7) is 6.67. The zero-order valence-corrected chi connectivity index (χ0v) is 16.7. The summed E-state index contributed by atoms with van der Waals surface area (Å²) in [6, 6.07) is 10.7. The van der Waals surface area contributed by atoms with Gasteiger partial charge in [0, 0.05) is 50.4 Å². The molecule has 150 valence electrons. The normalized spacial score (nSPS) is 15.4. The number of Topliss-reactive ketones (excluding diaryl/α,β-unsaturated/α-hetero) is 1. The largest absolute Gasteiger partial charge is 0.496 e. The number of carbonyl (C=O) groups excluding carboxylic acids is 1. The first-order valence-electron chi connectivity index (χ1n) is 9.45. The Hall–Kier alpha value is -2.44. The smallest absolute Gasteiger partial charge is 0.165 e. The van der Waals surface area contributed by atoms with Gasteiger partial charge in [0.15, 0.2) is 17.3 Å². The van der Waals surface area contributed by atoms with Crippen LogP contribution in [0, 0.1) is 5.82 Å². The molecule has 5 nitrogen and oxygen atoms in total. The van der Waals surface area contributed by atoms with E-state index in [1.54, 1.807) is 32.2 Å². The Balaban J connectivity index is 1.58. The van der Waals surface area contributed by atoms with E-state index in [0.717, 1.165) is 56.1 Å². The Bertz CT molecular complexity index is 833. The predicted molar refractivity (Wildman–Crippen MR) is 107 cm³/mol. The van der Waals surface area contributed by atoms with E-state index in [4.69, 9.17) is 9.47 Å². The molecule has 0 aliphatic carbocycles. The SMILES string of the molecule is COc1ccc(CN2CCN(Cc3cc(C(C)=O)ccc3OC)CC2)cc1F. The van der Waals surface area contributed by atoms with Crippen molar-refractivity contribution in [2.75, 3.05) is 40.4 Å². The van der Waals surface area contributed by atoms with Crippen molar-refractivity contribution >= 4 is 5.78 Å². The molecule has 0 bridgehead atoms. The van der Waals surface area contributed by atoms with Gasteiger partial charge in [-0.05, 0) is 42.8 Å². The molecule has 1 saturated heterocycles. The molecular formula is C22H27FN2O3. The van der Waals surface area contributed by atoms with E-state index in [2.05, 4.69) is 9.80 Å². The second-order valence-electron chi connectivity index (χ2n) is 7.10. The molecule has 0 atom stereocenters. The summed E-state index contributed by atoms with van der Waals surface area (Å²) < 4.78 is 24.3.